The number of aromatic nitrogens is 1. The highest BCUT2D eigenvalue weighted by atomic mass is 16.5. The zero-order valence-electron chi connectivity index (χ0n) is 9.37. The van der Waals surface area contributed by atoms with Gasteiger partial charge < -0.3 is 14.7 Å². The van der Waals surface area contributed by atoms with Gasteiger partial charge in [-0.3, -0.25) is 4.98 Å². The Morgan fingerprint density at radius 2 is 2.47 bits per heavy atom. The topological polar surface area (TPSA) is 62.7 Å². The summed E-state index contributed by atoms with van der Waals surface area (Å²) >= 11 is 0. The van der Waals surface area contributed by atoms with Crippen molar-refractivity contribution in [2.24, 2.45) is 0 Å². The van der Waals surface area contributed by atoms with Crippen molar-refractivity contribution in [2.75, 3.05) is 19.7 Å². The summed E-state index contributed by atoms with van der Waals surface area (Å²) in [4.78, 5) is 16.7. The molecule has 0 unspecified atom stereocenters. The fourth-order valence-electron chi connectivity index (χ4n) is 2.69. The van der Waals surface area contributed by atoms with Crippen molar-refractivity contribution in [2.45, 2.75) is 17.9 Å². The fraction of sp³-hybridized carbons (Fsp3) is 0.500. The van der Waals surface area contributed by atoms with E-state index in [0.29, 0.717) is 19.7 Å². The van der Waals surface area contributed by atoms with E-state index in [0.717, 1.165) is 12.1 Å². The van der Waals surface area contributed by atoms with Crippen LogP contribution in [0.1, 0.15) is 12.1 Å². The van der Waals surface area contributed by atoms with Gasteiger partial charge in [0.05, 0.1) is 30.4 Å². The molecule has 0 saturated carbocycles. The highest BCUT2D eigenvalue weighted by molar-refractivity contribution is 5.65. The normalized spacial score (nSPS) is 31.5. The molecule has 2 saturated heterocycles. The summed E-state index contributed by atoms with van der Waals surface area (Å²) in [5.74, 6) is 0. The van der Waals surface area contributed by atoms with Crippen molar-refractivity contribution >= 4 is 6.09 Å². The standard InChI is InChI=1S/C12H14N2O3/c15-11(16)14-6-4-12(8-17-10(12)7-14)9-3-1-2-5-13-9/h1-3,5,10H,4,6-8H2,(H,15,16)/t10-,12-/m0/s1. The second kappa shape index (κ2) is 3.70. The zero-order chi connectivity index (χ0) is 11.9. The van der Waals surface area contributed by atoms with Crippen LogP contribution in [-0.2, 0) is 10.2 Å². The number of hydrogen-bond donors (Lipinski definition) is 1. The monoisotopic (exact) mass is 234 g/mol. The van der Waals surface area contributed by atoms with E-state index in [1.807, 2.05) is 18.2 Å². The van der Waals surface area contributed by atoms with Crippen LogP contribution in [-0.4, -0.2) is 46.9 Å². The number of carboxylic acid groups (broad SMARTS) is 1. The molecule has 3 heterocycles. The number of nitrogens with zero attached hydrogens (tertiary/aromatic N) is 2. The SMILES string of the molecule is O=C(O)N1CC[C@@]2(c3ccccn3)CO[C@H]2C1. The molecule has 1 aromatic rings. The molecule has 2 aliphatic rings. The quantitative estimate of drug-likeness (QED) is 0.790. The zero-order valence-corrected chi connectivity index (χ0v) is 9.37. The number of carbonyl (C=O) groups is 1. The molecular weight excluding hydrogens is 220 g/mol. The van der Waals surface area contributed by atoms with Gasteiger partial charge in [0.2, 0.25) is 0 Å². The molecule has 0 bridgehead atoms. The summed E-state index contributed by atoms with van der Waals surface area (Å²) in [5.41, 5.74) is 0.967. The van der Waals surface area contributed by atoms with Gasteiger partial charge in [0.1, 0.15) is 0 Å². The van der Waals surface area contributed by atoms with Crippen LogP contribution in [0.3, 0.4) is 0 Å². The van der Waals surface area contributed by atoms with Crippen LogP contribution in [0.5, 0.6) is 0 Å². The molecule has 0 aromatic carbocycles. The molecule has 2 fully saturated rings. The average Bonchev–Trinajstić information content (AvgIpc) is 2.32. The number of rotatable bonds is 1. The molecule has 3 rings (SSSR count). The number of likely N-dealkylation sites (tertiary alicyclic amines) is 1. The summed E-state index contributed by atoms with van der Waals surface area (Å²) in [5, 5.41) is 8.98. The van der Waals surface area contributed by atoms with Crippen LogP contribution >= 0.6 is 0 Å². The van der Waals surface area contributed by atoms with Crippen LogP contribution in [0.15, 0.2) is 24.4 Å². The fourth-order valence-corrected chi connectivity index (χ4v) is 2.69. The van der Waals surface area contributed by atoms with Crippen molar-refractivity contribution in [1.82, 2.24) is 9.88 Å². The third-order valence-corrected chi connectivity index (χ3v) is 3.82. The minimum atomic E-state index is -0.866. The van der Waals surface area contributed by atoms with E-state index in [1.165, 1.54) is 4.90 Å². The first-order chi connectivity index (χ1) is 8.22. The lowest BCUT2D eigenvalue weighted by Gasteiger charge is -2.53. The van der Waals surface area contributed by atoms with E-state index < -0.39 is 6.09 Å². The van der Waals surface area contributed by atoms with E-state index in [-0.39, 0.29) is 11.5 Å². The minimum Gasteiger partial charge on any atom is -0.465 e. The number of fused-ring (bicyclic) bond motifs is 1. The largest absolute Gasteiger partial charge is 0.465 e. The van der Waals surface area contributed by atoms with Crippen LogP contribution in [0.25, 0.3) is 0 Å². The Morgan fingerprint density at radius 1 is 1.59 bits per heavy atom. The number of ether oxygens (including phenoxy) is 1. The molecule has 0 radical (unpaired) electrons. The van der Waals surface area contributed by atoms with Gasteiger partial charge >= 0.3 is 6.09 Å². The molecule has 5 heteroatoms. The molecule has 0 aliphatic carbocycles. The summed E-state index contributed by atoms with van der Waals surface area (Å²) in [6.07, 6.45) is 1.67. The van der Waals surface area contributed by atoms with Crippen molar-refractivity contribution in [3.8, 4) is 0 Å². The Morgan fingerprint density at radius 3 is 3.00 bits per heavy atom. The van der Waals surface area contributed by atoms with Gasteiger partial charge in [0, 0.05) is 12.7 Å². The molecular formula is C12H14N2O3. The Bertz CT molecular complexity index is 437. The second-order valence-electron chi connectivity index (χ2n) is 4.65. The summed E-state index contributed by atoms with van der Waals surface area (Å²) < 4.78 is 5.53. The first-order valence-electron chi connectivity index (χ1n) is 5.73. The number of hydrogen-bond acceptors (Lipinski definition) is 3. The summed E-state index contributed by atoms with van der Waals surface area (Å²) in [6.45, 7) is 1.67. The molecule has 1 aromatic heterocycles. The van der Waals surface area contributed by atoms with E-state index in [9.17, 15) is 4.79 Å². The first-order valence-corrected chi connectivity index (χ1v) is 5.73. The Kier molecular flexibility index (Phi) is 2.29. The minimum absolute atomic E-state index is 0.0396. The lowest BCUT2D eigenvalue weighted by Crippen LogP contribution is -2.65. The molecule has 2 aliphatic heterocycles. The highest BCUT2D eigenvalue weighted by Gasteiger charge is 2.54. The van der Waals surface area contributed by atoms with Crippen molar-refractivity contribution in [3.63, 3.8) is 0 Å². The van der Waals surface area contributed by atoms with Gasteiger partial charge in [-0.05, 0) is 18.6 Å². The van der Waals surface area contributed by atoms with Crippen molar-refractivity contribution < 1.29 is 14.6 Å². The lowest BCUT2D eigenvalue weighted by atomic mass is 9.70. The average molecular weight is 234 g/mol. The maximum atomic E-state index is 10.9. The van der Waals surface area contributed by atoms with E-state index >= 15 is 0 Å². The molecule has 2 atom stereocenters. The van der Waals surface area contributed by atoms with Crippen LogP contribution in [0.4, 0.5) is 4.79 Å². The van der Waals surface area contributed by atoms with Gasteiger partial charge in [-0.25, -0.2) is 4.79 Å². The van der Waals surface area contributed by atoms with Gasteiger partial charge in [-0.2, -0.15) is 0 Å². The van der Waals surface area contributed by atoms with E-state index in [1.54, 1.807) is 6.20 Å². The van der Waals surface area contributed by atoms with E-state index in [2.05, 4.69) is 4.98 Å². The molecule has 1 amide bonds. The van der Waals surface area contributed by atoms with Crippen molar-refractivity contribution in [1.29, 1.82) is 0 Å². The number of amides is 1. The van der Waals surface area contributed by atoms with Crippen LogP contribution < -0.4 is 0 Å². The van der Waals surface area contributed by atoms with Crippen LogP contribution in [0, 0.1) is 0 Å². The van der Waals surface area contributed by atoms with Crippen molar-refractivity contribution in [3.05, 3.63) is 30.1 Å². The summed E-state index contributed by atoms with van der Waals surface area (Å²) in [7, 11) is 0. The molecule has 5 nitrogen and oxygen atoms in total. The first kappa shape index (κ1) is 10.5. The predicted octanol–water partition coefficient (Wildman–Crippen LogP) is 1.10. The molecule has 1 N–H and O–H groups in total. The molecule has 90 valence electrons. The maximum Gasteiger partial charge on any atom is 0.407 e. The third kappa shape index (κ3) is 1.50. The Balaban J connectivity index is 1.84. The lowest BCUT2D eigenvalue weighted by molar-refractivity contribution is -0.170. The Hall–Kier alpha value is -1.62. The second-order valence-corrected chi connectivity index (χ2v) is 4.65. The van der Waals surface area contributed by atoms with Crippen LogP contribution in [0.2, 0.25) is 0 Å². The van der Waals surface area contributed by atoms with Gasteiger partial charge in [0.25, 0.3) is 0 Å². The van der Waals surface area contributed by atoms with Gasteiger partial charge in [0.15, 0.2) is 0 Å². The summed E-state index contributed by atoms with van der Waals surface area (Å²) in [6, 6.07) is 5.86. The number of piperidine rings is 1. The highest BCUT2D eigenvalue weighted by Crippen LogP contribution is 2.43. The smallest absolute Gasteiger partial charge is 0.407 e. The predicted molar refractivity (Wildman–Crippen MR) is 59.9 cm³/mol. The van der Waals surface area contributed by atoms with Gasteiger partial charge in [-0.15, -0.1) is 0 Å². The van der Waals surface area contributed by atoms with E-state index in [4.69, 9.17) is 9.84 Å². The maximum absolute atomic E-state index is 10.9. The van der Waals surface area contributed by atoms with Gasteiger partial charge in [-0.1, -0.05) is 6.07 Å². The molecule has 17 heavy (non-hydrogen) atoms. The third-order valence-electron chi connectivity index (χ3n) is 3.82. The molecule has 0 spiro atoms. The Labute approximate surface area is 99.0 Å². The number of pyridine rings is 1.